The van der Waals surface area contributed by atoms with E-state index in [9.17, 15) is 8.42 Å². The van der Waals surface area contributed by atoms with Crippen LogP contribution >= 0.6 is 34.8 Å². The third kappa shape index (κ3) is 4.24. The van der Waals surface area contributed by atoms with Gasteiger partial charge >= 0.3 is 0 Å². The maximum Gasteiger partial charge on any atom is 0.262 e. The first kappa shape index (κ1) is 18.9. The van der Waals surface area contributed by atoms with Crippen LogP contribution in [-0.4, -0.2) is 8.42 Å². The highest BCUT2D eigenvalue weighted by Gasteiger charge is 2.18. The van der Waals surface area contributed by atoms with Crippen LogP contribution in [0.3, 0.4) is 0 Å². The first-order valence-corrected chi connectivity index (χ1v) is 9.98. The quantitative estimate of drug-likeness (QED) is 0.523. The van der Waals surface area contributed by atoms with E-state index in [1.54, 1.807) is 42.5 Å². The maximum atomic E-state index is 12.5. The topological polar surface area (TPSA) is 55.4 Å². The summed E-state index contributed by atoms with van der Waals surface area (Å²) in [5.41, 5.74) is 0.249. The predicted molar refractivity (Wildman–Crippen MR) is 105 cm³/mol. The molecule has 0 aliphatic rings. The normalized spacial score (nSPS) is 11.2. The highest BCUT2D eigenvalue weighted by atomic mass is 35.5. The largest absolute Gasteiger partial charge is 0.452 e. The minimum atomic E-state index is -3.77. The van der Waals surface area contributed by atoms with Crippen molar-refractivity contribution in [1.29, 1.82) is 0 Å². The Morgan fingerprint density at radius 2 is 1.38 bits per heavy atom. The lowest BCUT2D eigenvalue weighted by atomic mass is 10.3. The standard InChI is InChI=1S/C18H12Cl3NO3S/c19-12-10-14(20)18(15(21)11-12)25-17-9-5-4-8-16(17)22-26(23,24)13-6-2-1-3-7-13/h1-11,22H. The number of hydrogen-bond donors (Lipinski definition) is 1. The first-order chi connectivity index (χ1) is 12.4. The molecule has 0 amide bonds. The van der Waals surface area contributed by atoms with Crippen molar-refractivity contribution in [1.82, 2.24) is 0 Å². The second kappa shape index (κ2) is 7.76. The van der Waals surface area contributed by atoms with Crippen LogP contribution in [0.4, 0.5) is 5.69 Å². The van der Waals surface area contributed by atoms with E-state index in [0.717, 1.165) is 0 Å². The van der Waals surface area contributed by atoms with Gasteiger partial charge in [-0.1, -0.05) is 65.1 Å². The second-order valence-electron chi connectivity index (χ2n) is 5.22. The van der Waals surface area contributed by atoms with Crippen molar-refractivity contribution in [3.63, 3.8) is 0 Å². The second-order valence-corrected chi connectivity index (χ2v) is 8.15. The monoisotopic (exact) mass is 427 g/mol. The number of halogens is 3. The number of nitrogens with one attached hydrogen (secondary N) is 1. The highest BCUT2D eigenvalue weighted by Crippen LogP contribution is 2.40. The van der Waals surface area contributed by atoms with Crippen LogP contribution in [0.1, 0.15) is 0 Å². The summed E-state index contributed by atoms with van der Waals surface area (Å²) in [7, 11) is -3.77. The van der Waals surface area contributed by atoms with E-state index < -0.39 is 10.0 Å². The first-order valence-electron chi connectivity index (χ1n) is 7.36. The molecule has 0 heterocycles. The van der Waals surface area contributed by atoms with Gasteiger partial charge in [-0.2, -0.15) is 0 Å². The van der Waals surface area contributed by atoms with Gasteiger partial charge in [0.15, 0.2) is 11.5 Å². The Kier molecular flexibility index (Phi) is 5.63. The number of hydrogen-bond acceptors (Lipinski definition) is 3. The van der Waals surface area contributed by atoms with E-state index in [2.05, 4.69) is 4.72 Å². The third-order valence-electron chi connectivity index (χ3n) is 3.36. The molecule has 0 radical (unpaired) electrons. The van der Waals surface area contributed by atoms with Crippen molar-refractivity contribution in [2.24, 2.45) is 0 Å². The summed E-state index contributed by atoms with van der Waals surface area (Å²) in [5.74, 6) is 0.433. The molecule has 3 aromatic rings. The molecule has 4 nitrogen and oxygen atoms in total. The number of anilines is 1. The average molecular weight is 429 g/mol. The average Bonchev–Trinajstić information content (AvgIpc) is 2.60. The van der Waals surface area contributed by atoms with Gasteiger partial charge in [0.2, 0.25) is 0 Å². The lowest BCUT2D eigenvalue weighted by Crippen LogP contribution is -2.13. The Morgan fingerprint density at radius 1 is 0.808 bits per heavy atom. The smallest absolute Gasteiger partial charge is 0.262 e. The zero-order valence-corrected chi connectivity index (χ0v) is 16.2. The van der Waals surface area contributed by atoms with Crippen molar-refractivity contribution in [3.8, 4) is 11.5 Å². The molecule has 0 aromatic heterocycles. The number of sulfonamides is 1. The van der Waals surface area contributed by atoms with Crippen molar-refractivity contribution in [3.05, 3.63) is 81.8 Å². The van der Waals surface area contributed by atoms with Crippen molar-refractivity contribution in [2.75, 3.05) is 4.72 Å². The van der Waals surface area contributed by atoms with Crippen molar-refractivity contribution < 1.29 is 13.2 Å². The summed E-state index contributed by atoms with van der Waals surface area (Å²) in [5, 5.41) is 0.789. The zero-order valence-electron chi connectivity index (χ0n) is 13.1. The van der Waals surface area contributed by atoms with Gasteiger partial charge < -0.3 is 4.74 Å². The van der Waals surface area contributed by atoms with Gasteiger partial charge in [-0.05, 0) is 36.4 Å². The Balaban J connectivity index is 1.95. The third-order valence-corrected chi connectivity index (χ3v) is 5.52. The number of para-hydroxylation sites is 2. The summed E-state index contributed by atoms with van der Waals surface area (Å²) < 4.78 is 33.4. The Bertz CT molecular complexity index is 1020. The molecule has 3 aromatic carbocycles. The van der Waals surface area contributed by atoms with Crippen LogP contribution in [-0.2, 0) is 10.0 Å². The summed E-state index contributed by atoms with van der Waals surface area (Å²) in [4.78, 5) is 0.136. The molecular weight excluding hydrogens is 417 g/mol. The lowest BCUT2D eigenvalue weighted by Gasteiger charge is -2.15. The maximum absolute atomic E-state index is 12.5. The molecule has 0 saturated heterocycles. The van der Waals surface area contributed by atoms with Crippen LogP contribution in [0.5, 0.6) is 11.5 Å². The molecule has 26 heavy (non-hydrogen) atoms. The number of ether oxygens (including phenoxy) is 1. The van der Waals surface area contributed by atoms with Gasteiger partial charge in [-0.15, -0.1) is 0 Å². The fourth-order valence-corrected chi connectivity index (χ4v) is 4.17. The minimum Gasteiger partial charge on any atom is -0.452 e. The molecule has 0 aliphatic heterocycles. The van der Waals surface area contributed by atoms with Crippen LogP contribution in [0.15, 0.2) is 71.6 Å². The van der Waals surface area contributed by atoms with E-state index in [0.29, 0.717) is 5.02 Å². The lowest BCUT2D eigenvalue weighted by molar-refractivity contribution is 0.485. The molecular formula is C18H12Cl3NO3S. The van der Waals surface area contributed by atoms with E-state index >= 15 is 0 Å². The molecule has 0 saturated carbocycles. The molecule has 0 spiro atoms. The van der Waals surface area contributed by atoms with E-state index in [-0.39, 0.29) is 32.1 Å². The van der Waals surface area contributed by atoms with Gasteiger partial charge in [0, 0.05) is 5.02 Å². The van der Waals surface area contributed by atoms with Crippen molar-refractivity contribution >= 4 is 50.5 Å². The summed E-state index contributed by atoms with van der Waals surface area (Å²) in [6.07, 6.45) is 0. The summed E-state index contributed by atoms with van der Waals surface area (Å²) in [6.45, 7) is 0. The Morgan fingerprint density at radius 3 is 2.04 bits per heavy atom. The fourth-order valence-electron chi connectivity index (χ4n) is 2.18. The van der Waals surface area contributed by atoms with E-state index in [1.807, 2.05) is 0 Å². The van der Waals surface area contributed by atoms with Gasteiger partial charge in [0.05, 0.1) is 20.6 Å². The Labute approximate surface area is 166 Å². The zero-order chi connectivity index (χ0) is 18.7. The Hall–Kier alpha value is -1.92. The van der Waals surface area contributed by atoms with Crippen LogP contribution in [0, 0.1) is 0 Å². The number of rotatable bonds is 5. The minimum absolute atomic E-state index is 0.136. The number of benzene rings is 3. The van der Waals surface area contributed by atoms with E-state index in [1.165, 1.54) is 24.3 Å². The fraction of sp³-hybridized carbons (Fsp3) is 0. The molecule has 0 bridgehead atoms. The van der Waals surface area contributed by atoms with Gasteiger partial charge in [0.1, 0.15) is 0 Å². The summed E-state index contributed by atoms with van der Waals surface area (Å²) >= 11 is 18.2. The van der Waals surface area contributed by atoms with Gasteiger partial charge in [0.25, 0.3) is 10.0 Å². The van der Waals surface area contributed by atoms with E-state index in [4.69, 9.17) is 39.5 Å². The highest BCUT2D eigenvalue weighted by molar-refractivity contribution is 7.92. The van der Waals surface area contributed by atoms with Crippen molar-refractivity contribution in [2.45, 2.75) is 4.90 Å². The molecule has 1 N–H and O–H groups in total. The van der Waals surface area contributed by atoms with Crippen LogP contribution < -0.4 is 9.46 Å². The molecule has 0 aliphatic carbocycles. The molecule has 0 fully saturated rings. The molecule has 134 valence electrons. The van der Waals surface area contributed by atoms with Gasteiger partial charge in [-0.3, -0.25) is 4.72 Å². The predicted octanol–water partition coefficient (Wildman–Crippen LogP) is 6.24. The van der Waals surface area contributed by atoms with Gasteiger partial charge in [-0.25, -0.2) is 8.42 Å². The molecule has 0 unspecified atom stereocenters. The van der Waals surface area contributed by atoms with Crippen LogP contribution in [0.2, 0.25) is 15.1 Å². The summed E-state index contributed by atoms with van der Waals surface area (Å²) in [6, 6.07) is 17.6. The van der Waals surface area contributed by atoms with Crippen LogP contribution in [0.25, 0.3) is 0 Å². The molecule has 8 heteroatoms. The molecule has 3 rings (SSSR count). The molecule has 0 atom stereocenters. The SMILES string of the molecule is O=S(=O)(Nc1ccccc1Oc1c(Cl)cc(Cl)cc1Cl)c1ccccc1.